The van der Waals surface area contributed by atoms with E-state index in [1.807, 2.05) is 0 Å². The fraction of sp³-hybridized carbons (Fsp3) is 0.385. The molecule has 0 fully saturated rings. The summed E-state index contributed by atoms with van der Waals surface area (Å²) >= 11 is 0. The number of rotatable bonds is 2. The highest BCUT2D eigenvalue weighted by Gasteiger charge is 1.98. The lowest BCUT2D eigenvalue weighted by atomic mass is 10.1. The van der Waals surface area contributed by atoms with Crippen LogP contribution < -0.4 is 4.90 Å². The maximum absolute atomic E-state index is 2.22. The molecule has 0 saturated carbocycles. The fourth-order valence-corrected chi connectivity index (χ4v) is 1.41. The Morgan fingerprint density at radius 2 is 1.86 bits per heavy atom. The Kier molecular flexibility index (Phi) is 3.34. The van der Waals surface area contributed by atoms with Crippen LogP contribution in [0, 0.1) is 6.92 Å². The van der Waals surface area contributed by atoms with Gasteiger partial charge in [-0.15, -0.1) is 0 Å². The molecule has 1 aromatic carbocycles. The summed E-state index contributed by atoms with van der Waals surface area (Å²) in [6.45, 7) is 6.40. The molecule has 1 nitrogen and oxygen atoms in total. The topological polar surface area (TPSA) is 3.24 Å². The lowest BCUT2D eigenvalue weighted by molar-refractivity contribution is 1.13. The zero-order chi connectivity index (χ0) is 10.7. The molecule has 0 amide bonds. The molecule has 0 bridgehead atoms. The predicted molar refractivity (Wildman–Crippen MR) is 64.8 cm³/mol. The molecule has 0 aliphatic heterocycles. The summed E-state index contributed by atoms with van der Waals surface area (Å²) in [6, 6.07) is 6.55. The van der Waals surface area contributed by atoms with Gasteiger partial charge >= 0.3 is 0 Å². The summed E-state index contributed by atoms with van der Waals surface area (Å²) in [6.07, 6.45) is 2.22. The summed E-state index contributed by atoms with van der Waals surface area (Å²) in [5.41, 5.74) is 5.24. The number of aryl methyl sites for hydroxylation is 1. The standard InChI is InChI=1S/C13H19N/c1-10(2)8-12-6-7-13(14(4)5)9-11(12)3/h6-9H,1-5H3. The number of hydrogen-bond donors (Lipinski definition) is 0. The summed E-state index contributed by atoms with van der Waals surface area (Å²) in [5, 5.41) is 0. The number of hydrogen-bond acceptors (Lipinski definition) is 1. The van der Waals surface area contributed by atoms with Gasteiger partial charge in [-0.1, -0.05) is 17.7 Å². The molecule has 14 heavy (non-hydrogen) atoms. The third kappa shape index (κ3) is 2.63. The molecule has 1 heteroatoms. The average molecular weight is 189 g/mol. The van der Waals surface area contributed by atoms with E-state index in [-0.39, 0.29) is 0 Å². The van der Waals surface area contributed by atoms with E-state index in [0.717, 1.165) is 0 Å². The average Bonchev–Trinajstić information content (AvgIpc) is 2.07. The largest absolute Gasteiger partial charge is 0.378 e. The van der Waals surface area contributed by atoms with Gasteiger partial charge < -0.3 is 4.90 Å². The highest BCUT2D eigenvalue weighted by atomic mass is 15.1. The van der Waals surface area contributed by atoms with Gasteiger partial charge in [0.2, 0.25) is 0 Å². The van der Waals surface area contributed by atoms with Crippen LogP contribution in [0.2, 0.25) is 0 Å². The summed E-state index contributed by atoms with van der Waals surface area (Å²) in [4.78, 5) is 2.12. The molecule has 0 heterocycles. The first-order chi connectivity index (χ1) is 6.50. The Morgan fingerprint density at radius 3 is 2.29 bits per heavy atom. The SMILES string of the molecule is CC(C)=Cc1ccc(N(C)C)cc1C. The Labute approximate surface area is 87.1 Å². The summed E-state index contributed by atoms with van der Waals surface area (Å²) < 4.78 is 0. The summed E-state index contributed by atoms with van der Waals surface area (Å²) in [5.74, 6) is 0. The number of nitrogens with zero attached hydrogens (tertiary/aromatic N) is 1. The van der Waals surface area contributed by atoms with Crippen LogP contribution in [-0.4, -0.2) is 14.1 Å². The van der Waals surface area contributed by atoms with Crippen molar-refractivity contribution in [2.45, 2.75) is 20.8 Å². The minimum absolute atomic E-state index is 1.26. The van der Waals surface area contributed by atoms with Crippen molar-refractivity contribution in [3.05, 3.63) is 34.9 Å². The van der Waals surface area contributed by atoms with Crippen molar-refractivity contribution < 1.29 is 0 Å². The van der Waals surface area contributed by atoms with Crippen molar-refractivity contribution in [1.29, 1.82) is 0 Å². The molecule has 0 aliphatic rings. The maximum atomic E-state index is 2.22. The molecule has 1 rings (SSSR count). The number of benzene rings is 1. The molecule has 0 saturated heterocycles. The highest BCUT2D eigenvalue weighted by Crippen LogP contribution is 2.19. The summed E-state index contributed by atoms with van der Waals surface area (Å²) in [7, 11) is 4.13. The lowest BCUT2D eigenvalue weighted by Gasteiger charge is -2.14. The highest BCUT2D eigenvalue weighted by molar-refractivity contribution is 5.60. The molecule has 0 aliphatic carbocycles. The molecule has 0 spiro atoms. The Hall–Kier alpha value is -1.24. The van der Waals surface area contributed by atoms with Crippen LogP contribution in [0.15, 0.2) is 23.8 Å². The predicted octanol–water partition coefficient (Wildman–Crippen LogP) is 3.48. The smallest absolute Gasteiger partial charge is 0.0364 e. The van der Waals surface area contributed by atoms with E-state index < -0.39 is 0 Å². The van der Waals surface area contributed by atoms with Gasteiger partial charge in [0.25, 0.3) is 0 Å². The molecule has 0 N–H and O–H groups in total. The van der Waals surface area contributed by atoms with Crippen LogP contribution in [0.4, 0.5) is 5.69 Å². The number of anilines is 1. The second-order valence-corrected chi connectivity index (χ2v) is 4.16. The maximum Gasteiger partial charge on any atom is 0.0364 e. The lowest BCUT2D eigenvalue weighted by Crippen LogP contribution is -2.08. The van der Waals surface area contributed by atoms with Crippen molar-refractivity contribution in [3.63, 3.8) is 0 Å². The first kappa shape index (κ1) is 10.8. The molecule has 0 atom stereocenters. The first-order valence-electron chi connectivity index (χ1n) is 4.93. The molecule has 1 aromatic rings. The van der Waals surface area contributed by atoms with Crippen LogP contribution in [0.5, 0.6) is 0 Å². The van der Waals surface area contributed by atoms with Crippen LogP contribution >= 0.6 is 0 Å². The van der Waals surface area contributed by atoms with Crippen molar-refractivity contribution in [3.8, 4) is 0 Å². The monoisotopic (exact) mass is 189 g/mol. The van der Waals surface area contributed by atoms with Gasteiger partial charge in [0.1, 0.15) is 0 Å². The van der Waals surface area contributed by atoms with Crippen molar-refractivity contribution in [2.24, 2.45) is 0 Å². The molecular weight excluding hydrogens is 170 g/mol. The first-order valence-corrected chi connectivity index (χ1v) is 4.93. The van der Waals surface area contributed by atoms with E-state index in [2.05, 4.69) is 64.0 Å². The van der Waals surface area contributed by atoms with E-state index in [0.29, 0.717) is 0 Å². The normalized spacial score (nSPS) is 9.79. The van der Waals surface area contributed by atoms with Crippen LogP contribution in [0.3, 0.4) is 0 Å². The van der Waals surface area contributed by atoms with Gasteiger partial charge in [0, 0.05) is 19.8 Å². The van der Waals surface area contributed by atoms with Crippen LogP contribution in [0.25, 0.3) is 6.08 Å². The van der Waals surface area contributed by atoms with E-state index >= 15 is 0 Å². The number of allylic oxidation sites excluding steroid dienone is 1. The van der Waals surface area contributed by atoms with E-state index in [1.165, 1.54) is 22.4 Å². The third-order valence-corrected chi connectivity index (χ3v) is 2.21. The van der Waals surface area contributed by atoms with E-state index in [9.17, 15) is 0 Å². The van der Waals surface area contributed by atoms with E-state index in [1.54, 1.807) is 0 Å². The molecule has 0 unspecified atom stereocenters. The Bertz CT molecular complexity index is 344. The zero-order valence-electron chi connectivity index (χ0n) is 9.76. The van der Waals surface area contributed by atoms with Crippen LogP contribution in [0.1, 0.15) is 25.0 Å². The van der Waals surface area contributed by atoms with E-state index in [4.69, 9.17) is 0 Å². The second kappa shape index (κ2) is 4.32. The Morgan fingerprint density at radius 1 is 1.21 bits per heavy atom. The van der Waals surface area contributed by atoms with Crippen molar-refractivity contribution in [1.82, 2.24) is 0 Å². The molecule has 0 aromatic heterocycles. The minimum Gasteiger partial charge on any atom is -0.378 e. The van der Waals surface area contributed by atoms with Crippen LogP contribution in [-0.2, 0) is 0 Å². The van der Waals surface area contributed by atoms with Crippen molar-refractivity contribution in [2.75, 3.05) is 19.0 Å². The quantitative estimate of drug-likeness (QED) is 0.688. The molecule has 0 radical (unpaired) electrons. The van der Waals surface area contributed by atoms with Gasteiger partial charge in [0.05, 0.1) is 0 Å². The van der Waals surface area contributed by atoms with Gasteiger partial charge in [-0.2, -0.15) is 0 Å². The van der Waals surface area contributed by atoms with Gasteiger partial charge in [-0.05, 0) is 44.0 Å². The minimum atomic E-state index is 1.26. The third-order valence-electron chi connectivity index (χ3n) is 2.21. The van der Waals surface area contributed by atoms with Gasteiger partial charge in [0.15, 0.2) is 0 Å². The Balaban J connectivity index is 3.08. The molecule has 76 valence electrons. The van der Waals surface area contributed by atoms with Gasteiger partial charge in [-0.25, -0.2) is 0 Å². The van der Waals surface area contributed by atoms with Gasteiger partial charge in [-0.3, -0.25) is 0 Å². The fourth-order valence-electron chi connectivity index (χ4n) is 1.41. The molecular formula is C13H19N. The second-order valence-electron chi connectivity index (χ2n) is 4.16. The zero-order valence-corrected chi connectivity index (χ0v) is 9.76. The van der Waals surface area contributed by atoms with Crippen molar-refractivity contribution >= 4 is 11.8 Å².